The topological polar surface area (TPSA) is 52.6 Å². The summed E-state index contributed by atoms with van der Waals surface area (Å²) in [5.41, 5.74) is -0.580. The Morgan fingerprint density at radius 2 is 2.35 bits per heavy atom. The summed E-state index contributed by atoms with van der Waals surface area (Å²) >= 11 is 3.17. The Bertz CT molecular complexity index is 508. The average Bonchev–Trinajstić information content (AvgIpc) is 2.31. The summed E-state index contributed by atoms with van der Waals surface area (Å²) in [6.45, 7) is 3.16. The minimum atomic E-state index is -0.749. The van der Waals surface area contributed by atoms with Crippen molar-refractivity contribution < 1.29 is 14.3 Å². The van der Waals surface area contributed by atoms with E-state index < -0.39 is 11.4 Å². The smallest absolute Gasteiger partial charge is 0.238 e. The Morgan fingerprint density at radius 1 is 1.60 bits per heavy atom. The van der Waals surface area contributed by atoms with E-state index in [4.69, 9.17) is 0 Å². The fourth-order valence-electron chi connectivity index (χ4n) is 2.44. The molecule has 1 fully saturated rings. The van der Waals surface area contributed by atoms with Crippen molar-refractivity contribution >= 4 is 27.5 Å². The second-order valence-electron chi connectivity index (χ2n) is 5.48. The quantitative estimate of drug-likeness (QED) is 0.885. The molecule has 20 heavy (non-hydrogen) atoms. The second kappa shape index (κ2) is 6.20. The first-order chi connectivity index (χ1) is 9.35. The number of benzene rings is 1. The molecule has 0 saturated carbocycles. The van der Waals surface area contributed by atoms with E-state index in [2.05, 4.69) is 21.2 Å². The third-order valence-corrected chi connectivity index (χ3v) is 3.82. The van der Waals surface area contributed by atoms with Crippen LogP contribution in [-0.2, 0) is 4.79 Å². The van der Waals surface area contributed by atoms with Gasteiger partial charge >= 0.3 is 0 Å². The van der Waals surface area contributed by atoms with Crippen molar-refractivity contribution in [2.45, 2.75) is 25.4 Å². The summed E-state index contributed by atoms with van der Waals surface area (Å²) in [7, 11) is 0. The number of hydrogen-bond acceptors (Lipinski definition) is 3. The molecule has 1 saturated heterocycles. The van der Waals surface area contributed by atoms with Crippen LogP contribution in [-0.4, -0.2) is 41.1 Å². The maximum absolute atomic E-state index is 13.6. The lowest BCUT2D eigenvalue weighted by molar-refractivity contribution is -0.118. The highest BCUT2D eigenvalue weighted by atomic mass is 79.9. The van der Waals surface area contributed by atoms with Gasteiger partial charge in [0, 0.05) is 11.0 Å². The van der Waals surface area contributed by atoms with Crippen LogP contribution in [0, 0.1) is 5.82 Å². The molecule has 2 rings (SSSR count). The number of hydrogen-bond donors (Lipinski definition) is 2. The number of aliphatic hydroxyl groups is 1. The molecule has 1 aromatic rings. The minimum Gasteiger partial charge on any atom is -0.389 e. The van der Waals surface area contributed by atoms with E-state index in [1.54, 1.807) is 13.0 Å². The Hall–Kier alpha value is -0.980. The molecule has 6 heteroatoms. The maximum Gasteiger partial charge on any atom is 0.238 e. The van der Waals surface area contributed by atoms with Gasteiger partial charge in [0.05, 0.1) is 17.8 Å². The largest absolute Gasteiger partial charge is 0.389 e. The van der Waals surface area contributed by atoms with Crippen molar-refractivity contribution in [3.8, 4) is 0 Å². The Kier molecular flexibility index (Phi) is 4.78. The highest BCUT2D eigenvalue weighted by Gasteiger charge is 2.29. The number of β-amino-alcohol motifs (C(OH)–C–C–N with tert-alkyl or cyclic N) is 1. The van der Waals surface area contributed by atoms with Gasteiger partial charge in [-0.1, -0.05) is 15.9 Å². The summed E-state index contributed by atoms with van der Waals surface area (Å²) in [6.07, 6.45) is 1.60. The predicted octanol–water partition coefficient (Wildman–Crippen LogP) is 2.37. The number of piperidine rings is 1. The number of nitrogens with zero attached hydrogens (tertiary/aromatic N) is 1. The van der Waals surface area contributed by atoms with Gasteiger partial charge in [0.1, 0.15) is 5.82 Å². The van der Waals surface area contributed by atoms with Crippen LogP contribution in [0.25, 0.3) is 0 Å². The standard InChI is InChI=1S/C14H18BrFN2O2/c1-14(20)5-2-6-18(9-14)8-13(19)17-12-4-3-10(15)7-11(12)16/h3-4,7,20H,2,5-6,8-9H2,1H3,(H,17,19). The summed E-state index contributed by atoms with van der Waals surface area (Å²) in [5.74, 6) is -0.748. The Balaban J connectivity index is 1.92. The first-order valence-corrected chi connectivity index (χ1v) is 7.35. The third kappa shape index (κ3) is 4.26. The summed E-state index contributed by atoms with van der Waals surface area (Å²) in [4.78, 5) is 13.8. The van der Waals surface area contributed by atoms with Crippen molar-refractivity contribution in [1.29, 1.82) is 0 Å². The molecule has 0 aromatic heterocycles. The average molecular weight is 345 g/mol. The fraction of sp³-hybridized carbons (Fsp3) is 0.500. The number of rotatable bonds is 3. The van der Waals surface area contributed by atoms with Gasteiger partial charge in [-0.05, 0) is 44.5 Å². The summed E-state index contributed by atoms with van der Waals surface area (Å²) in [5, 5.41) is 12.5. The number of carbonyl (C=O) groups is 1. The molecule has 1 aromatic carbocycles. The monoisotopic (exact) mass is 344 g/mol. The SMILES string of the molecule is CC1(O)CCCN(CC(=O)Nc2ccc(Br)cc2F)C1. The molecule has 1 atom stereocenters. The molecule has 0 radical (unpaired) electrons. The molecule has 110 valence electrons. The normalized spacial score (nSPS) is 23.6. The zero-order chi connectivity index (χ0) is 14.8. The van der Waals surface area contributed by atoms with Crippen LogP contribution < -0.4 is 5.32 Å². The van der Waals surface area contributed by atoms with Crippen LogP contribution >= 0.6 is 15.9 Å². The van der Waals surface area contributed by atoms with E-state index in [9.17, 15) is 14.3 Å². The molecule has 0 aliphatic carbocycles. The van der Waals surface area contributed by atoms with Crippen LogP contribution in [0.3, 0.4) is 0 Å². The van der Waals surface area contributed by atoms with Gasteiger partial charge in [-0.15, -0.1) is 0 Å². The van der Waals surface area contributed by atoms with Crippen LogP contribution in [0.4, 0.5) is 10.1 Å². The number of likely N-dealkylation sites (tertiary alicyclic amines) is 1. The van der Waals surface area contributed by atoms with Crippen molar-refractivity contribution in [1.82, 2.24) is 4.90 Å². The van der Waals surface area contributed by atoms with Crippen LogP contribution in [0.2, 0.25) is 0 Å². The summed E-state index contributed by atoms with van der Waals surface area (Å²) in [6, 6.07) is 4.50. The number of nitrogens with one attached hydrogen (secondary N) is 1. The van der Waals surface area contributed by atoms with Crippen LogP contribution in [0.5, 0.6) is 0 Å². The van der Waals surface area contributed by atoms with Gasteiger partial charge in [-0.3, -0.25) is 9.69 Å². The van der Waals surface area contributed by atoms with Gasteiger partial charge < -0.3 is 10.4 Å². The first-order valence-electron chi connectivity index (χ1n) is 6.55. The highest BCUT2D eigenvalue weighted by Crippen LogP contribution is 2.21. The van der Waals surface area contributed by atoms with Gasteiger partial charge in [0.15, 0.2) is 0 Å². The van der Waals surface area contributed by atoms with Crippen LogP contribution in [0.15, 0.2) is 22.7 Å². The molecule has 4 nitrogen and oxygen atoms in total. The molecular weight excluding hydrogens is 327 g/mol. The van der Waals surface area contributed by atoms with E-state index >= 15 is 0 Å². The maximum atomic E-state index is 13.6. The van der Waals surface area contributed by atoms with Gasteiger partial charge in [0.2, 0.25) is 5.91 Å². The second-order valence-corrected chi connectivity index (χ2v) is 6.40. The zero-order valence-corrected chi connectivity index (χ0v) is 12.9. The minimum absolute atomic E-state index is 0.158. The molecular formula is C14H18BrFN2O2. The molecule has 1 aliphatic heterocycles. The zero-order valence-electron chi connectivity index (χ0n) is 11.3. The number of amides is 1. The Labute approximate surface area is 126 Å². The molecule has 0 bridgehead atoms. The molecule has 1 unspecified atom stereocenters. The number of carbonyl (C=O) groups excluding carboxylic acids is 1. The predicted molar refractivity (Wildman–Crippen MR) is 79.0 cm³/mol. The van der Waals surface area contributed by atoms with E-state index in [-0.39, 0.29) is 18.1 Å². The summed E-state index contributed by atoms with van der Waals surface area (Å²) < 4.78 is 14.2. The number of anilines is 1. The third-order valence-electron chi connectivity index (χ3n) is 3.33. The molecule has 1 aliphatic rings. The molecule has 1 heterocycles. The van der Waals surface area contributed by atoms with E-state index in [0.717, 1.165) is 19.4 Å². The first kappa shape index (κ1) is 15.4. The van der Waals surface area contributed by atoms with Crippen molar-refractivity contribution in [2.24, 2.45) is 0 Å². The van der Waals surface area contributed by atoms with Gasteiger partial charge in [0.25, 0.3) is 0 Å². The molecule has 1 amide bonds. The van der Waals surface area contributed by atoms with E-state index in [1.165, 1.54) is 12.1 Å². The lowest BCUT2D eigenvalue weighted by Gasteiger charge is -2.36. The number of halogens is 2. The van der Waals surface area contributed by atoms with Crippen molar-refractivity contribution in [3.63, 3.8) is 0 Å². The highest BCUT2D eigenvalue weighted by molar-refractivity contribution is 9.10. The van der Waals surface area contributed by atoms with Gasteiger partial charge in [-0.2, -0.15) is 0 Å². The van der Waals surface area contributed by atoms with E-state index in [1.807, 2.05) is 4.90 Å². The van der Waals surface area contributed by atoms with E-state index in [0.29, 0.717) is 11.0 Å². The van der Waals surface area contributed by atoms with Crippen LogP contribution in [0.1, 0.15) is 19.8 Å². The van der Waals surface area contributed by atoms with Crippen molar-refractivity contribution in [3.05, 3.63) is 28.5 Å². The van der Waals surface area contributed by atoms with Gasteiger partial charge in [-0.25, -0.2) is 4.39 Å². The Morgan fingerprint density at radius 3 is 3.00 bits per heavy atom. The lowest BCUT2D eigenvalue weighted by Crippen LogP contribution is -2.48. The fourth-order valence-corrected chi connectivity index (χ4v) is 2.78. The molecule has 0 spiro atoms. The van der Waals surface area contributed by atoms with Crippen molar-refractivity contribution in [2.75, 3.05) is 25.0 Å². The lowest BCUT2D eigenvalue weighted by atomic mass is 9.95. The molecule has 2 N–H and O–H groups in total.